The topological polar surface area (TPSA) is 92.6 Å². The van der Waals surface area contributed by atoms with Crippen molar-refractivity contribution in [2.45, 2.75) is 29.9 Å². The largest absolute Gasteiger partial charge is 0.488 e. The summed E-state index contributed by atoms with van der Waals surface area (Å²) in [6.45, 7) is 0.734. The molecule has 2 aliphatic rings. The average Bonchev–Trinajstić information content (AvgIpc) is 3.36. The van der Waals surface area contributed by atoms with Gasteiger partial charge in [0.05, 0.1) is 17.8 Å². The average molecular weight is 450 g/mol. The summed E-state index contributed by atoms with van der Waals surface area (Å²) < 4.78 is 55.4. The molecule has 5 rings (SSSR count). The predicted molar refractivity (Wildman–Crippen MR) is 109 cm³/mol. The maximum atomic E-state index is 13.3. The maximum absolute atomic E-state index is 13.3. The van der Waals surface area contributed by atoms with Crippen LogP contribution in [0.3, 0.4) is 0 Å². The van der Waals surface area contributed by atoms with Crippen molar-refractivity contribution in [3.8, 4) is 5.75 Å². The molecule has 2 fully saturated rings. The van der Waals surface area contributed by atoms with Crippen LogP contribution in [-0.4, -0.2) is 51.9 Å². The van der Waals surface area contributed by atoms with E-state index in [1.165, 1.54) is 28.6 Å². The Morgan fingerprint density at radius 3 is 2.57 bits per heavy atom. The van der Waals surface area contributed by atoms with Crippen LogP contribution in [0, 0.1) is 17.7 Å². The number of rotatable bonds is 4. The van der Waals surface area contributed by atoms with Gasteiger partial charge >= 0.3 is 0 Å². The zero-order valence-corrected chi connectivity index (χ0v) is 17.5. The van der Waals surface area contributed by atoms with Gasteiger partial charge in [-0.25, -0.2) is 12.8 Å². The second-order valence-corrected chi connectivity index (χ2v) is 10.3. The molecule has 1 saturated carbocycles. The number of benzene rings is 2. The van der Waals surface area contributed by atoms with Gasteiger partial charge in [0.25, 0.3) is 0 Å². The first-order valence-electron chi connectivity index (χ1n) is 9.73. The molecule has 2 heterocycles. The Bertz CT molecular complexity index is 1170. The van der Waals surface area contributed by atoms with Gasteiger partial charge in [0.2, 0.25) is 10.0 Å². The van der Waals surface area contributed by atoms with Crippen LogP contribution in [0.25, 0.3) is 11.0 Å². The molecule has 1 saturated heterocycles. The fourth-order valence-electron chi connectivity index (χ4n) is 4.49. The number of sulfonamides is 1. The second-order valence-electron chi connectivity index (χ2n) is 7.88. The van der Waals surface area contributed by atoms with Crippen molar-refractivity contribution in [3.63, 3.8) is 0 Å². The van der Waals surface area contributed by atoms with Crippen LogP contribution in [0.15, 0.2) is 47.4 Å². The number of aliphatic hydroxyl groups is 1. The van der Waals surface area contributed by atoms with Gasteiger partial charge in [0, 0.05) is 13.1 Å². The van der Waals surface area contributed by atoms with Gasteiger partial charge in [0.1, 0.15) is 33.6 Å². The first-order valence-corrected chi connectivity index (χ1v) is 11.9. The summed E-state index contributed by atoms with van der Waals surface area (Å²) >= 11 is 0.992. The lowest BCUT2D eigenvalue weighted by atomic mass is 9.78. The van der Waals surface area contributed by atoms with E-state index in [-0.39, 0.29) is 22.5 Å². The molecule has 3 aromatic rings. The number of aliphatic hydroxyl groups excluding tert-OH is 1. The molecule has 0 radical (unpaired) electrons. The van der Waals surface area contributed by atoms with E-state index in [1.54, 1.807) is 18.2 Å². The molecule has 4 atom stereocenters. The monoisotopic (exact) mass is 449 g/mol. The van der Waals surface area contributed by atoms with E-state index < -0.39 is 22.2 Å². The predicted octanol–water partition coefficient (Wildman–Crippen LogP) is 2.67. The zero-order valence-electron chi connectivity index (χ0n) is 15.9. The highest BCUT2D eigenvalue weighted by Crippen LogP contribution is 2.40. The number of nitrogens with zero attached hydrogens (tertiary/aromatic N) is 3. The molecule has 1 aliphatic carbocycles. The number of hydrogen-bond acceptors (Lipinski definition) is 7. The van der Waals surface area contributed by atoms with E-state index in [9.17, 15) is 17.9 Å². The molecular formula is C20H20FN3O4S2. The SMILES string of the molecule is O=S(=O)(c1cccc2nsnc12)N1C[C@H]2C[C@@H](Oc3ccc(F)cc3)[C@H](O)C[C@H]2C1. The minimum Gasteiger partial charge on any atom is -0.488 e. The van der Waals surface area contributed by atoms with Gasteiger partial charge in [-0.1, -0.05) is 6.07 Å². The summed E-state index contributed by atoms with van der Waals surface area (Å²) in [6, 6.07) is 10.7. The van der Waals surface area contributed by atoms with Gasteiger partial charge in [0.15, 0.2) is 0 Å². The van der Waals surface area contributed by atoms with Crippen LogP contribution >= 0.6 is 11.7 Å². The van der Waals surface area contributed by atoms with Gasteiger partial charge in [-0.05, 0) is 61.1 Å². The molecule has 30 heavy (non-hydrogen) atoms. The van der Waals surface area contributed by atoms with Crippen LogP contribution in [0.1, 0.15) is 12.8 Å². The third kappa shape index (κ3) is 3.47. The van der Waals surface area contributed by atoms with Crippen LogP contribution in [0.5, 0.6) is 5.75 Å². The normalized spacial score (nSPS) is 27.3. The second kappa shape index (κ2) is 7.52. The molecule has 1 N–H and O–H groups in total. The van der Waals surface area contributed by atoms with Crippen molar-refractivity contribution in [3.05, 3.63) is 48.3 Å². The molecule has 0 unspecified atom stereocenters. The molecular weight excluding hydrogens is 429 g/mol. The van der Waals surface area contributed by atoms with E-state index in [1.807, 2.05) is 0 Å². The van der Waals surface area contributed by atoms with Gasteiger partial charge in [-0.2, -0.15) is 13.1 Å². The van der Waals surface area contributed by atoms with E-state index >= 15 is 0 Å². The molecule has 0 spiro atoms. The van der Waals surface area contributed by atoms with Crippen molar-refractivity contribution in [1.29, 1.82) is 0 Å². The van der Waals surface area contributed by atoms with Crippen LogP contribution < -0.4 is 4.74 Å². The minimum atomic E-state index is -3.72. The molecule has 10 heteroatoms. The summed E-state index contributed by atoms with van der Waals surface area (Å²) in [5, 5.41) is 10.6. The lowest BCUT2D eigenvalue weighted by Gasteiger charge is -2.35. The molecule has 7 nitrogen and oxygen atoms in total. The van der Waals surface area contributed by atoms with Gasteiger partial charge < -0.3 is 9.84 Å². The smallest absolute Gasteiger partial charge is 0.245 e. The van der Waals surface area contributed by atoms with Gasteiger partial charge in [-0.15, -0.1) is 0 Å². The first-order chi connectivity index (χ1) is 14.4. The van der Waals surface area contributed by atoms with Crippen molar-refractivity contribution >= 4 is 32.8 Å². The number of halogens is 1. The Morgan fingerprint density at radius 1 is 1.07 bits per heavy atom. The third-order valence-electron chi connectivity index (χ3n) is 6.02. The zero-order chi connectivity index (χ0) is 20.9. The Kier molecular flexibility index (Phi) is 4.97. The first kappa shape index (κ1) is 19.8. The van der Waals surface area contributed by atoms with Crippen LogP contribution in [0.4, 0.5) is 4.39 Å². The Morgan fingerprint density at radius 2 is 1.80 bits per heavy atom. The standard InChI is InChI=1S/C20H20FN3O4S2/c21-14-4-6-15(7-5-14)28-18-9-13-11-24(10-12(13)8-17(18)25)30(26,27)19-3-1-2-16-20(19)23-29-22-16/h1-7,12-13,17-18,25H,8-11H2/t12-,13+,17+,18+/m0/s1. The summed E-state index contributed by atoms with van der Waals surface area (Å²) in [5.74, 6) is 0.287. The summed E-state index contributed by atoms with van der Waals surface area (Å²) in [4.78, 5) is 0.173. The molecule has 0 amide bonds. The highest BCUT2D eigenvalue weighted by atomic mass is 32.2. The van der Waals surface area contributed by atoms with E-state index in [4.69, 9.17) is 4.74 Å². The Hall–Kier alpha value is -2.14. The van der Waals surface area contributed by atoms with Crippen molar-refractivity contribution in [2.75, 3.05) is 13.1 Å². The van der Waals surface area contributed by atoms with Crippen LogP contribution in [0.2, 0.25) is 0 Å². The fourth-order valence-corrected chi connectivity index (χ4v) is 6.79. The minimum absolute atomic E-state index is 0.0654. The van der Waals surface area contributed by atoms with Gasteiger partial charge in [-0.3, -0.25) is 0 Å². The number of ether oxygens (including phenoxy) is 1. The number of hydrogen-bond donors (Lipinski definition) is 1. The maximum Gasteiger partial charge on any atom is 0.245 e. The quantitative estimate of drug-likeness (QED) is 0.658. The summed E-state index contributed by atoms with van der Waals surface area (Å²) in [7, 11) is -3.72. The highest BCUT2D eigenvalue weighted by molar-refractivity contribution is 7.89. The van der Waals surface area contributed by atoms with Crippen molar-refractivity contribution < 1.29 is 22.7 Å². The Balaban J connectivity index is 1.34. The lowest BCUT2D eigenvalue weighted by molar-refractivity contribution is -0.0231. The summed E-state index contributed by atoms with van der Waals surface area (Å²) in [5.41, 5.74) is 0.968. The summed E-state index contributed by atoms with van der Waals surface area (Å²) in [6.07, 6.45) is -0.154. The molecule has 0 bridgehead atoms. The van der Waals surface area contributed by atoms with E-state index in [0.717, 1.165) is 11.7 Å². The third-order valence-corrected chi connectivity index (χ3v) is 8.43. The Labute approximate surface area is 177 Å². The highest BCUT2D eigenvalue weighted by Gasteiger charge is 2.46. The number of aromatic nitrogens is 2. The van der Waals surface area contributed by atoms with E-state index in [2.05, 4.69) is 8.75 Å². The van der Waals surface area contributed by atoms with Crippen molar-refractivity contribution in [2.24, 2.45) is 11.8 Å². The molecule has 1 aromatic heterocycles. The fraction of sp³-hybridized carbons (Fsp3) is 0.400. The van der Waals surface area contributed by atoms with E-state index in [0.29, 0.717) is 42.7 Å². The van der Waals surface area contributed by atoms with Crippen molar-refractivity contribution in [1.82, 2.24) is 13.1 Å². The molecule has 1 aliphatic heterocycles. The van der Waals surface area contributed by atoms with Crippen LogP contribution in [-0.2, 0) is 10.0 Å². The lowest BCUT2D eigenvalue weighted by Crippen LogP contribution is -2.42. The molecule has 2 aromatic carbocycles. The molecule has 158 valence electrons. The number of fused-ring (bicyclic) bond motifs is 2.